The van der Waals surface area contributed by atoms with Gasteiger partial charge in [-0.05, 0) is 36.4 Å². The van der Waals surface area contributed by atoms with E-state index in [-0.39, 0.29) is 18.4 Å². The molecule has 0 atom stereocenters. The summed E-state index contributed by atoms with van der Waals surface area (Å²) in [6.07, 6.45) is 1.59. The summed E-state index contributed by atoms with van der Waals surface area (Å²) in [6, 6.07) is 14.1. The second kappa shape index (κ2) is 6.61. The third kappa shape index (κ3) is 2.67. The Morgan fingerprint density at radius 2 is 1.71 bits per heavy atom. The van der Waals surface area contributed by atoms with Crippen molar-refractivity contribution in [1.82, 2.24) is 24.7 Å². The summed E-state index contributed by atoms with van der Waals surface area (Å²) in [5.74, 6) is 0.618. The summed E-state index contributed by atoms with van der Waals surface area (Å²) in [5, 5.41) is 13.4. The Morgan fingerprint density at radius 1 is 0.929 bits per heavy atom. The summed E-state index contributed by atoms with van der Waals surface area (Å²) in [6.45, 7) is 0.282. The molecule has 0 N–H and O–H groups in total. The maximum Gasteiger partial charge on any atom is 0.261 e. The molecule has 1 aliphatic rings. The van der Waals surface area contributed by atoms with Gasteiger partial charge in [-0.25, -0.2) is 0 Å². The Labute approximate surface area is 163 Å². The third-order valence-corrected chi connectivity index (χ3v) is 5.33. The molecule has 5 rings (SSSR count). The van der Waals surface area contributed by atoms with E-state index in [1.165, 1.54) is 16.7 Å². The van der Waals surface area contributed by atoms with E-state index in [1.54, 1.807) is 41.1 Å². The number of nitrogens with zero attached hydrogens (tertiary/aromatic N) is 5. The van der Waals surface area contributed by atoms with E-state index in [2.05, 4.69) is 15.3 Å². The van der Waals surface area contributed by atoms with Crippen LogP contribution in [0.25, 0.3) is 17.1 Å². The molecule has 8 nitrogen and oxygen atoms in total. The molecule has 28 heavy (non-hydrogen) atoms. The molecule has 0 aliphatic carbocycles. The van der Waals surface area contributed by atoms with Crippen LogP contribution in [0.5, 0.6) is 0 Å². The summed E-state index contributed by atoms with van der Waals surface area (Å²) in [4.78, 5) is 26.1. The number of carbonyl (C=O) groups excluding carboxylic acids is 2. The lowest BCUT2D eigenvalue weighted by atomic mass is 10.1. The van der Waals surface area contributed by atoms with Crippen LogP contribution >= 0.6 is 11.8 Å². The highest BCUT2D eigenvalue weighted by Gasteiger charge is 2.34. The molecule has 4 heterocycles. The number of amides is 2. The molecular weight excluding hydrogens is 378 g/mol. The molecule has 1 aliphatic heterocycles. The van der Waals surface area contributed by atoms with Crippen LogP contribution < -0.4 is 0 Å². The second-order valence-electron chi connectivity index (χ2n) is 6.10. The largest absolute Gasteiger partial charge is 0.463 e. The lowest BCUT2D eigenvalue weighted by Gasteiger charge is -2.12. The average Bonchev–Trinajstić information content (AvgIpc) is 3.44. The number of rotatable bonds is 5. The molecule has 0 saturated carbocycles. The molecular formula is C19H13N5O3S. The van der Waals surface area contributed by atoms with Crippen LogP contribution in [0.2, 0.25) is 0 Å². The van der Waals surface area contributed by atoms with E-state index in [1.807, 2.05) is 18.2 Å². The van der Waals surface area contributed by atoms with Crippen LogP contribution in [-0.4, -0.2) is 48.8 Å². The fraction of sp³-hybridized carbons (Fsp3) is 0.105. The number of furan rings is 1. The minimum atomic E-state index is -0.259. The normalized spacial score (nSPS) is 13.5. The molecule has 4 aromatic rings. The van der Waals surface area contributed by atoms with E-state index in [0.29, 0.717) is 39.1 Å². The molecule has 0 spiro atoms. The number of aromatic nitrogens is 4. The van der Waals surface area contributed by atoms with Crippen molar-refractivity contribution in [2.75, 3.05) is 12.3 Å². The lowest BCUT2D eigenvalue weighted by molar-refractivity contribution is 0.0664. The zero-order chi connectivity index (χ0) is 19.1. The Morgan fingerprint density at radius 3 is 2.43 bits per heavy atom. The lowest BCUT2D eigenvalue weighted by Crippen LogP contribution is -2.31. The van der Waals surface area contributed by atoms with Gasteiger partial charge in [0, 0.05) is 12.3 Å². The first-order valence-electron chi connectivity index (χ1n) is 8.57. The fourth-order valence-electron chi connectivity index (χ4n) is 3.09. The molecule has 0 bridgehead atoms. The standard InChI is InChI=1S/C19H13N5O3S/c25-17-12-4-1-2-5-13(12)18(26)23(17)9-11-28-19-21-20-16-8-7-14(22-24(16)19)15-6-3-10-27-15/h1-8,10H,9,11H2. The van der Waals surface area contributed by atoms with E-state index >= 15 is 0 Å². The SMILES string of the molecule is O=C1c2ccccc2C(=O)N1CCSc1nnc2ccc(-c3ccco3)nn12. The first-order chi connectivity index (χ1) is 13.7. The third-order valence-electron chi connectivity index (χ3n) is 4.43. The monoisotopic (exact) mass is 391 g/mol. The summed E-state index contributed by atoms with van der Waals surface area (Å²) in [7, 11) is 0. The molecule has 0 saturated heterocycles. The number of benzene rings is 1. The molecule has 3 aromatic heterocycles. The topological polar surface area (TPSA) is 93.6 Å². The van der Waals surface area contributed by atoms with E-state index in [4.69, 9.17) is 4.42 Å². The van der Waals surface area contributed by atoms with Gasteiger partial charge in [0.15, 0.2) is 11.4 Å². The zero-order valence-electron chi connectivity index (χ0n) is 14.5. The zero-order valence-corrected chi connectivity index (χ0v) is 15.3. The van der Waals surface area contributed by atoms with Gasteiger partial charge >= 0.3 is 0 Å². The number of hydrogen-bond donors (Lipinski definition) is 0. The number of carbonyl (C=O) groups is 2. The van der Waals surface area contributed by atoms with Crippen LogP contribution in [0.1, 0.15) is 20.7 Å². The molecule has 138 valence electrons. The Bertz CT molecular complexity index is 1170. The minimum Gasteiger partial charge on any atom is -0.463 e. The minimum absolute atomic E-state index is 0.259. The van der Waals surface area contributed by atoms with E-state index < -0.39 is 0 Å². The molecule has 1 aromatic carbocycles. The second-order valence-corrected chi connectivity index (χ2v) is 7.17. The van der Waals surface area contributed by atoms with Crippen LogP contribution in [-0.2, 0) is 0 Å². The van der Waals surface area contributed by atoms with Gasteiger partial charge in [0.05, 0.1) is 17.4 Å². The number of imide groups is 1. The van der Waals surface area contributed by atoms with E-state index in [0.717, 1.165) is 0 Å². The highest BCUT2D eigenvalue weighted by molar-refractivity contribution is 7.99. The van der Waals surface area contributed by atoms with Crippen molar-refractivity contribution in [3.8, 4) is 11.5 Å². The van der Waals surface area contributed by atoms with Gasteiger partial charge in [0.1, 0.15) is 5.69 Å². The number of thioether (sulfide) groups is 1. The maximum absolute atomic E-state index is 12.4. The van der Waals surface area contributed by atoms with Gasteiger partial charge in [-0.1, -0.05) is 23.9 Å². The highest BCUT2D eigenvalue weighted by atomic mass is 32.2. The van der Waals surface area contributed by atoms with Gasteiger partial charge in [-0.15, -0.1) is 10.2 Å². The summed E-state index contributed by atoms with van der Waals surface area (Å²) >= 11 is 1.38. The van der Waals surface area contributed by atoms with Crippen molar-refractivity contribution in [3.05, 3.63) is 65.9 Å². The average molecular weight is 391 g/mol. The van der Waals surface area contributed by atoms with Crippen molar-refractivity contribution in [2.45, 2.75) is 5.16 Å². The van der Waals surface area contributed by atoms with Crippen molar-refractivity contribution in [3.63, 3.8) is 0 Å². The summed E-state index contributed by atoms with van der Waals surface area (Å²) in [5.41, 5.74) is 2.18. The first-order valence-corrected chi connectivity index (χ1v) is 9.55. The smallest absolute Gasteiger partial charge is 0.261 e. The molecule has 9 heteroatoms. The van der Waals surface area contributed by atoms with Gasteiger partial charge in [0.2, 0.25) is 5.16 Å². The first kappa shape index (κ1) is 16.7. The Kier molecular flexibility index (Phi) is 3.94. The van der Waals surface area contributed by atoms with Crippen molar-refractivity contribution in [1.29, 1.82) is 0 Å². The van der Waals surface area contributed by atoms with Crippen molar-refractivity contribution >= 4 is 29.2 Å². The molecule has 0 radical (unpaired) electrons. The van der Waals surface area contributed by atoms with Crippen LogP contribution in [0.4, 0.5) is 0 Å². The predicted molar refractivity (Wildman–Crippen MR) is 101 cm³/mol. The quantitative estimate of drug-likeness (QED) is 0.381. The van der Waals surface area contributed by atoms with Gasteiger partial charge in [-0.2, -0.15) is 9.61 Å². The van der Waals surface area contributed by atoms with Crippen molar-refractivity contribution < 1.29 is 14.0 Å². The van der Waals surface area contributed by atoms with Crippen LogP contribution in [0, 0.1) is 0 Å². The Hall–Kier alpha value is -3.46. The number of hydrogen-bond acceptors (Lipinski definition) is 7. The van der Waals surface area contributed by atoms with Crippen LogP contribution in [0.15, 0.2) is 64.4 Å². The number of fused-ring (bicyclic) bond motifs is 2. The fourth-order valence-corrected chi connectivity index (χ4v) is 3.90. The molecule has 0 fully saturated rings. The Balaban J connectivity index is 1.32. The van der Waals surface area contributed by atoms with E-state index in [9.17, 15) is 9.59 Å². The molecule has 0 unspecified atom stereocenters. The van der Waals surface area contributed by atoms with Crippen molar-refractivity contribution in [2.24, 2.45) is 0 Å². The van der Waals surface area contributed by atoms with Gasteiger partial charge in [0.25, 0.3) is 11.8 Å². The van der Waals surface area contributed by atoms with Gasteiger partial charge < -0.3 is 4.42 Å². The molecule has 2 amide bonds. The highest BCUT2D eigenvalue weighted by Crippen LogP contribution is 2.24. The summed E-state index contributed by atoms with van der Waals surface area (Å²) < 4.78 is 7.01. The van der Waals surface area contributed by atoms with Gasteiger partial charge in [-0.3, -0.25) is 14.5 Å². The maximum atomic E-state index is 12.4. The van der Waals surface area contributed by atoms with Crippen LogP contribution in [0.3, 0.4) is 0 Å². The predicted octanol–water partition coefficient (Wildman–Crippen LogP) is 2.77.